The summed E-state index contributed by atoms with van der Waals surface area (Å²) >= 11 is 0. The van der Waals surface area contributed by atoms with E-state index < -0.39 is 6.09 Å². The molecule has 0 atom stereocenters. The molecule has 2 amide bonds. The van der Waals surface area contributed by atoms with E-state index >= 15 is 0 Å². The lowest BCUT2D eigenvalue weighted by Crippen LogP contribution is -2.40. The highest BCUT2D eigenvalue weighted by atomic mass is 16.5. The number of nitrogens with zero attached hydrogens (tertiary/aromatic N) is 1. The first-order valence-corrected chi connectivity index (χ1v) is 6.80. The van der Waals surface area contributed by atoms with Crippen LogP contribution >= 0.6 is 0 Å². The van der Waals surface area contributed by atoms with Gasteiger partial charge in [-0.3, -0.25) is 15.0 Å². The van der Waals surface area contributed by atoms with E-state index in [1.807, 2.05) is 43.0 Å². The third kappa shape index (κ3) is 5.40. The number of aryl methyl sites for hydroxylation is 1. The van der Waals surface area contributed by atoms with Crippen molar-refractivity contribution >= 4 is 12.0 Å². The van der Waals surface area contributed by atoms with Gasteiger partial charge in [-0.15, -0.1) is 0 Å². The molecule has 20 heavy (non-hydrogen) atoms. The standard InChI is InChI=1S/C15H22N2O3/c1-4-17(10-13-9-7-6-8-12(13)3)11-14(18)16-15(19)20-5-2/h6-9H,4-5,10-11H2,1-3H3,(H,16,18,19). The van der Waals surface area contributed by atoms with E-state index in [4.69, 9.17) is 0 Å². The zero-order valence-corrected chi connectivity index (χ0v) is 12.3. The molecule has 0 aliphatic heterocycles. The second-order valence-electron chi connectivity index (χ2n) is 4.50. The lowest BCUT2D eigenvalue weighted by molar-refractivity contribution is -0.121. The first-order valence-electron chi connectivity index (χ1n) is 6.80. The topological polar surface area (TPSA) is 58.6 Å². The van der Waals surface area contributed by atoms with Gasteiger partial charge in [0.1, 0.15) is 0 Å². The molecule has 0 radical (unpaired) electrons. The molecule has 0 fully saturated rings. The Balaban J connectivity index is 2.53. The van der Waals surface area contributed by atoms with Crippen LogP contribution in [0.2, 0.25) is 0 Å². The molecule has 0 spiro atoms. The number of nitrogens with one attached hydrogen (secondary N) is 1. The van der Waals surface area contributed by atoms with Crippen LogP contribution in [0, 0.1) is 6.92 Å². The molecule has 0 unspecified atom stereocenters. The van der Waals surface area contributed by atoms with Crippen molar-refractivity contribution in [3.8, 4) is 0 Å². The number of carbonyl (C=O) groups excluding carboxylic acids is 2. The minimum absolute atomic E-state index is 0.170. The van der Waals surface area contributed by atoms with Crippen LogP contribution in [-0.2, 0) is 16.1 Å². The Morgan fingerprint density at radius 3 is 2.55 bits per heavy atom. The molecule has 0 aliphatic carbocycles. The Morgan fingerprint density at radius 2 is 1.95 bits per heavy atom. The summed E-state index contributed by atoms with van der Waals surface area (Å²) in [6.45, 7) is 7.55. The Labute approximate surface area is 119 Å². The Bertz CT molecular complexity index is 460. The molecule has 1 aromatic carbocycles. The lowest BCUT2D eigenvalue weighted by Gasteiger charge is -2.20. The van der Waals surface area contributed by atoms with Crippen LogP contribution in [0.3, 0.4) is 0 Å². The number of likely N-dealkylation sites (N-methyl/N-ethyl adjacent to an activating group) is 1. The van der Waals surface area contributed by atoms with Gasteiger partial charge in [0.15, 0.2) is 0 Å². The van der Waals surface area contributed by atoms with E-state index in [2.05, 4.69) is 10.1 Å². The number of rotatable bonds is 6. The number of ether oxygens (including phenoxy) is 1. The molecule has 0 saturated heterocycles. The van der Waals surface area contributed by atoms with Gasteiger partial charge in [0.25, 0.3) is 0 Å². The van der Waals surface area contributed by atoms with Gasteiger partial charge in [-0.2, -0.15) is 0 Å². The minimum atomic E-state index is -0.690. The number of imide groups is 1. The number of alkyl carbamates (subject to hydrolysis) is 1. The molecule has 1 rings (SSSR count). The number of benzene rings is 1. The maximum atomic E-state index is 11.7. The van der Waals surface area contributed by atoms with Gasteiger partial charge in [-0.05, 0) is 31.5 Å². The first-order chi connectivity index (χ1) is 9.56. The highest BCUT2D eigenvalue weighted by Crippen LogP contribution is 2.10. The summed E-state index contributed by atoms with van der Waals surface area (Å²) < 4.78 is 4.68. The third-order valence-electron chi connectivity index (χ3n) is 2.99. The fourth-order valence-electron chi connectivity index (χ4n) is 1.83. The monoisotopic (exact) mass is 278 g/mol. The molecule has 5 heteroatoms. The van der Waals surface area contributed by atoms with Gasteiger partial charge in [0, 0.05) is 6.54 Å². The van der Waals surface area contributed by atoms with Crippen molar-refractivity contribution < 1.29 is 14.3 Å². The SMILES string of the molecule is CCOC(=O)NC(=O)CN(CC)Cc1ccccc1C. The van der Waals surface area contributed by atoms with E-state index in [0.29, 0.717) is 6.54 Å². The van der Waals surface area contributed by atoms with Crippen molar-refractivity contribution in [2.75, 3.05) is 19.7 Å². The summed E-state index contributed by atoms with van der Waals surface area (Å²) in [4.78, 5) is 24.9. The smallest absolute Gasteiger partial charge is 0.413 e. The van der Waals surface area contributed by atoms with E-state index in [-0.39, 0.29) is 19.1 Å². The lowest BCUT2D eigenvalue weighted by atomic mass is 10.1. The first kappa shape index (κ1) is 16.2. The summed E-state index contributed by atoms with van der Waals surface area (Å²) in [6, 6.07) is 8.06. The van der Waals surface area contributed by atoms with Crippen LogP contribution in [-0.4, -0.2) is 36.6 Å². The van der Waals surface area contributed by atoms with Gasteiger partial charge in [0.05, 0.1) is 13.2 Å². The molecule has 1 N–H and O–H groups in total. The average Bonchev–Trinajstić information content (AvgIpc) is 2.40. The molecule has 1 aromatic rings. The van der Waals surface area contributed by atoms with E-state index in [9.17, 15) is 9.59 Å². The van der Waals surface area contributed by atoms with Gasteiger partial charge < -0.3 is 4.74 Å². The fourth-order valence-corrected chi connectivity index (χ4v) is 1.83. The van der Waals surface area contributed by atoms with Gasteiger partial charge >= 0.3 is 6.09 Å². The number of hydrogen-bond acceptors (Lipinski definition) is 4. The number of carbonyl (C=O) groups is 2. The summed E-state index contributed by atoms with van der Waals surface area (Å²) in [7, 11) is 0. The molecule has 110 valence electrons. The molecular weight excluding hydrogens is 256 g/mol. The average molecular weight is 278 g/mol. The zero-order valence-electron chi connectivity index (χ0n) is 12.3. The fraction of sp³-hybridized carbons (Fsp3) is 0.467. The Kier molecular flexibility index (Phi) is 6.73. The summed E-state index contributed by atoms with van der Waals surface area (Å²) in [5.74, 6) is -0.348. The molecule has 5 nitrogen and oxygen atoms in total. The summed E-state index contributed by atoms with van der Waals surface area (Å²) in [5.41, 5.74) is 2.37. The molecule has 0 saturated carbocycles. The second kappa shape index (κ2) is 8.32. The van der Waals surface area contributed by atoms with Gasteiger partial charge in [-0.25, -0.2) is 4.79 Å². The normalized spacial score (nSPS) is 10.4. The highest BCUT2D eigenvalue weighted by Gasteiger charge is 2.13. The summed E-state index contributed by atoms with van der Waals surface area (Å²) in [6.07, 6.45) is -0.690. The maximum Gasteiger partial charge on any atom is 0.413 e. The quantitative estimate of drug-likeness (QED) is 0.865. The Morgan fingerprint density at radius 1 is 1.25 bits per heavy atom. The van der Waals surface area contributed by atoms with Crippen molar-refractivity contribution in [1.29, 1.82) is 0 Å². The van der Waals surface area contributed by atoms with Crippen LogP contribution in [0.4, 0.5) is 4.79 Å². The van der Waals surface area contributed by atoms with Crippen molar-refractivity contribution in [3.63, 3.8) is 0 Å². The predicted molar refractivity (Wildman–Crippen MR) is 77.3 cm³/mol. The van der Waals surface area contributed by atoms with Crippen molar-refractivity contribution in [2.24, 2.45) is 0 Å². The van der Waals surface area contributed by atoms with Crippen LogP contribution in [0.1, 0.15) is 25.0 Å². The molecular formula is C15H22N2O3. The van der Waals surface area contributed by atoms with E-state index in [1.165, 1.54) is 11.1 Å². The maximum absolute atomic E-state index is 11.7. The van der Waals surface area contributed by atoms with Crippen LogP contribution in [0.15, 0.2) is 24.3 Å². The van der Waals surface area contributed by atoms with Crippen LogP contribution < -0.4 is 5.32 Å². The molecule has 0 heterocycles. The van der Waals surface area contributed by atoms with E-state index in [1.54, 1.807) is 6.92 Å². The summed E-state index contributed by atoms with van der Waals surface area (Å²) in [5, 5.41) is 2.20. The Hall–Kier alpha value is -1.88. The third-order valence-corrected chi connectivity index (χ3v) is 2.99. The molecule has 0 bridgehead atoms. The van der Waals surface area contributed by atoms with Gasteiger partial charge in [-0.1, -0.05) is 31.2 Å². The van der Waals surface area contributed by atoms with Crippen molar-refractivity contribution in [3.05, 3.63) is 35.4 Å². The molecule has 0 aliphatic rings. The number of hydrogen-bond donors (Lipinski definition) is 1. The second-order valence-corrected chi connectivity index (χ2v) is 4.50. The van der Waals surface area contributed by atoms with Gasteiger partial charge in [0.2, 0.25) is 5.91 Å². The minimum Gasteiger partial charge on any atom is -0.450 e. The number of amides is 2. The van der Waals surface area contributed by atoms with Crippen LogP contribution in [0.25, 0.3) is 0 Å². The van der Waals surface area contributed by atoms with Crippen molar-refractivity contribution in [1.82, 2.24) is 10.2 Å². The largest absolute Gasteiger partial charge is 0.450 e. The predicted octanol–water partition coefficient (Wildman–Crippen LogP) is 2.09. The van der Waals surface area contributed by atoms with Crippen molar-refractivity contribution in [2.45, 2.75) is 27.3 Å². The van der Waals surface area contributed by atoms with Crippen LogP contribution in [0.5, 0.6) is 0 Å². The molecule has 0 aromatic heterocycles. The zero-order chi connectivity index (χ0) is 15.0. The highest BCUT2D eigenvalue weighted by molar-refractivity contribution is 5.92. The van der Waals surface area contributed by atoms with E-state index in [0.717, 1.165) is 6.54 Å².